The molecular formula is C11H23NO6P+. The first kappa shape index (κ1) is 18.3. The highest BCUT2D eigenvalue weighted by molar-refractivity contribution is 7.47. The second-order valence-corrected chi connectivity index (χ2v) is 6.58. The summed E-state index contributed by atoms with van der Waals surface area (Å²) in [6, 6.07) is 0. The summed E-state index contributed by atoms with van der Waals surface area (Å²) >= 11 is 0. The number of quaternary nitrogens is 1. The van der Waals surface area contributed by atoms with Crippen molar-refractivity contribution in [2.24, 2.45) is 0 Å². The van der Waals surface area contributed by atoms with Crippen LogP contribution in [0.25, 0.3) is 0 Å². The minimum absolute atomic E-state index is 0.0540. The number of phosphoric acid groups is 1. The van der Waals surface area contributed by atoms with Gasteiger partial charge >= 0.3 is 13.8 Å². The van der Waals surface area contributed by atoms with Crippen molar-refractivity contribution in [1.82, 2.24) is 0 Å². The number of rotatable bonds is 8. The summed E-state index contributed by atoms with van der Waals surface area (Å²) in [6.07, 6.45) is -1.19. The van der Waals surface area contributed by atoms with E-state index >= 15 is 0 Å². The summed E-state index contributed by atoms with van der Waals surface area (Å²) in [7, 11) is 1.52. The molecule has 0 amide bonds. The van der Waals surface area contributed by atoms with Gasteiger partial charge in [0, 0.05) is 5.57 Å². The standard InChI is InChI=1S/C11H22NO6P/c1-9(2)11(13)17-10(3)18-19(14,15)16-8-7-12(4,5)6/h10H,1,7-8H2,2-6H3/p+1. The van der Waals surface area contributed by atoms with Crippen LogP contribution in [0.2, 0.25) is 0 Å². The van der Waals surface area contributed by atoms with Crippen molar-refractivity contribution in [3.05, 3.63) is 12.2 Å². The van der Waals surface area contributed by atoms with Crippen LogP contribution in [0.1, 0.15) is 13.8 Å². The fraction of sp³-hybridized carbons (Fsp3) is 0.727. The zero-order valence-electron chi connectivity index (χ0n) is 12.1. The first-order valence-electron chi connectivity index (χ1n) is 5.75. The Hall–Kier alpha value is -0.720. The van der Waals surface area contributed by atoms with E-state index in [0.717, 1.165) is 0 Å². The number of hydrogen-bond acceptors (Lipinski definition) is 5. The molecule has 112 valence electrons. The molecule has 0 aromatic rings. The van der Waals surface area contributed by atoms with Crippen LogP contribution < -0.4 is 0 Å². The Morgan fingerprint density at radius 2 is 1.95 bits per heavy atom. The molecule has 0 radical (unpaired) electrons. The van der Waals surface area contributed by atoms with Gasteiger partial charge in [0.1, 0.15) is 13.2 Å². The van der Waals surface area contributed by atoms with E-state index in [2.05, 4.69) is 11.1 Å². The summed E-state index contributed by atoms with van der Waals surface area (Å²) < 4.78 is 26.3. The lowest BCUT2D eigenvalue weighted by atomic mass is 10.4. The molecule has 7 nitrogen and oxygen atoms in total. The SMILES string of the molecule is C=C(C)C(=O)OC(C)OP(=O)(O)OCC[N+](C)(C)C. The predicted molar refractivity (Wildman–Crippen MR) is 70.1 cm³/mol. The Morgan fingerprint density at radius 1 is 1.42 bits per heavy atom. The normalized spacial score (nSPS) is 16.5. The number of ether oxygens (including phenoxy) is 1. The zero-order valence-corrected chi connectivity index (χ0v) is 13.0. The molecule has 0 rings (SSSR count). The van der Waals surface area contributed by atoms with Crippen LogP contribution in [0.15, 0.2) is 12.2 Å². The summed E-state index contributed by atoms with van der Waals surface area (Å²) in [5, 5.41) is 0. The van der Waals surface area contributed by atoms with Crippen molar-refractivity contribution in [2.45, 2.75) is 20.1 Å². The monoisotopic (exact) mass is 296 g/mol. The van der Waals surface area contributed by atoms with Gasteiger partial charge in [0.25, 0.3) is 0 Å². The fourth-order valence-corrected chi connectivity index (χ4v) is 1.71. The lowest BCUT2D eigenvalue weighted by molar-refractivity contribution is -0.870. The number of esters is 1. The molecule has 0 aromatic heterocycles. The summed E-state index contributed by atoms with van der Waals surface area (Å²) in [5.74, 6) is -0.696. The Kier molecular flexibility index (Phi) is 6.89. The van der Waals surface area contributed by atoms with Crippen LogP contribution in [-0.4, -0.2) is 55.9 Å². The lowest BCUT2D eigenvalue weighted by Gasteiger charge is -2.24. The van der Waals surface area contributed by atoms with Crippen molar-refractivity contribution in [2.75, 3.05) is 34.3 Å². The van der Waals surface area contributed by atoms with Crippen LogP contribution in [0.5, 0.6) is 0 Å². The molecular weight excluding hydrogens is 273 g/mol. The van der Waals surface area contributed by atoms with Crippen LogP contribution in [0, 0.1) is 0 Å². The second kappa shape index (κ2) is 7.17. The van der Waals surface area contributed by atoms with E-state index in [1.165, 1.54) is 13.8 Å². The topological polar surface area (TPSA) is 82.1 Å². The maximum absolute atomic E-state index is 11.6. The minimum atomic E-state index is -4.24. The van der Waals surface area contributed by atoms with Crippen molar-refractivity contribution in [3.63, 3.8) is 0 Å². The van der Waals surface area contributed by atoms with Crippen molar-refractivity contribution in [3.8, 4) is 0 Å². The highest BCUT2D eigenvalue weighted by Gasteiger charge is 2.27. The van der Waals surface area contributed by atoms with Crippen molar-refractivity contribution < 1.29 is 32.5 Å². The molecule has 2 atom stereocenters. The minimum Gasteiger partial charge on any atom is -0.432 e. The molecule has 0 fully saturated rings. The predicted octanol–water partition coefficient (Wildman–Crippen LogP) is 1.29. The molecule has 1 N–H and O–H groups in total. The molecule has 0 bridgehead atoms. The van der Waals surface area contributed by atoms with E-state index < -0.39 is 20.1 Å². The largest absolute Gasteiger partial charge is 0.475 e. The third kappa shape index (κ3) is 9.81. The third-order valence-corrected chi connectivity index (χ3v) is 2.99. The Labute approximate surface area is 114 Å². The van der Waals surface area contributed by atoms with Crippen molar-refractivity contribution in [1.29, 1.82) is 0 Å². The molecule has 8 heteroatoms. The average Bonchev–Trinajstić information content (AvgIpc) is 2.12. The van der Waals surface area contributed by atoms with Gasteiger partial charge in [-0.15, -0.1) is 0 Å². The van der Waals surface area contributed by atoms with E-state index in [4.69, 9.17) is 9.26 Å². The van der Waals surface area contributed by atoms with E-state index in [-0.39, 0.29) is 12.2 Å². The van der Waals surface area contributed by atoms with Gasteiger partial charge in [-0.05, 0) is 13.8 Å². The zero-order chi connectivity index (χ0) is 15.3. The molecule has 0 saturated carbocycles. The maximum atomic E-state index is 11.6. The number of hydrogen-bond donors (Lipinski definition) is 1. The van der Waals surface area contributed by atoms with Crippen molar-refractivity contribution >= 4 is 13.8 Å². The third-order valence-electron chi connectivity index (χ3n) is 1.92. The van der Waals surface area contributed by atoms with E-state index in [9.17, 15) is 14.3 Å². The second-order valence-electron chi connectivity index (χ2n) is 5.17. The van der Waals surface area contributed by atoms with Gasteiger partial charge in [-0.2, -0.15) is 0 Å². The molecule has 2 unspecified atom stereocenters. The smallest absolute Gasteiger partial charge is 0.432 e. The van der Waals surface area contributed by atoms with Crippen LogP contribution >= 0.6 is 7.82 Å². The van der Waals surface area contributed by atoms with E-state index in [1.807, 2.05) is 21.1 Å². The molecule has 0 aliphatic carbocycles. The van der Waals surface area contributed by atoms with Gasteiger partial charge in [-0.3, -0.25) is 4.52 Å². The lowest BCUT2D eigenvalue weighted by Crippen LogP contribution is -2.37. The van der Waals surface area contributed by atoms with Crippen LogP contribution in [0.3, 0.4) is 0 Å². The van der Waals surface area contributed by atoms with Gasteiger partial charge in [-0.1, -0.05) is 6.58 Å². The number of carbonyl (C=O) groups is 1. The van der Waals surface area contributed by atoms with E-state index in [1.54, 1.807) is 0 Å². The van der Waals surface area contributed by atoms with Crippen LogP contribution in [-0.2, 0) is 23.1 Å². The van der Waals surface area contributed by atoms with Gasteiger partial charge in [0.2, 0.25) is 6.29 Å². The Balaban J connectivity index is 4.18. The number of likely N-dealkylation sites (N-methyl/N-ethyl adjacent to an activating group) is 1. The molecule has 0 heterocycles. The number of phosphoric ester groups is 1. The van der Waals surface area contributed by atoms with E-state index in [0.29, 0.717) is 11.0 Å². The van der Waals surface area contributed by atoms with Gasteiger partial charge < -0.3 is 14.1 Å². The number of carbonyl (C=O) groups excluding carboxylic acids is 1. The Morgan fingerprint density at radius 3 is 2.37 bits per heavy atom. The first-order chi connectivity index (χ1) is 8.43. The summed E-state index contributed by atoms with van der Waals surface area (Å²) in [6.45, 7) is 6.77. The molecule has 19 heavy (non-hydrogen) atoms. The molecule has 0 spiro atoms. The first-order valence-corrected chi connectivity index (χ1v) is 7.25. The van der Waals surface area contributed by atoms with Crippen LogP contribution in [0.4, 0.5) is 0 Å². The fourth-order valence-electron chi connectivity index (χ4n) is 0.921. The Bertz CT molecular complexity index is 376. The molecule has 0 aromatic carbocycles. The maximum Gasteiger partial charge on any atom is 0.475 e. The number of nitrogens with zero attached hydrogens (tertiary/aromatic N) is 1. The highest BCUT2D eigenvalue weighted by atomic mass is 31.2. The molecule has 0 aliphatic heterocycles. The molecule has 0 aliphatic rings. The highest BCUT2D eigenvalue weighted by Crippen LogP contribution is 2.44. The van der Waals surface area contributed by atoms with Gasteiger partial charge in [0.05, 0.1) is 21.1 Å². The quantitative estimate of drug-likeness (QED) is 0.239. The summed E-state index contributed by atoms with van der Waals surface area (Å²) in [4.78, 5) is 20.6. The van der Waals surface area contributed by atoms with Gasteiger partial charge in [-0.25, -0.2) is 13.9 Å². The van der Waals surface area contributed by atoms with Gasteiger partial charge in [0.15, 0.2) is 0 Å². The molecule has 0 saturated heterocycles. The summed E-state index contributed by atoms with van der Waals surface area (Å²) in [5.41, 5.74) is 0.175. The average molecular weight is 296 g/mol.